The summed E-state index contributed by atoms with van der Waals surface area (Å²) in [5.74, 6) is 0. The fourth-order valence-corrected chi connectivity index (χ4v) is 4.07. The van der Waals surface area contributed by atoms with E-state index in [9.17, 15) is 5.11 Å². The number of likely N-dealkylation sites (tertiary alicyclic amines) is 1. The first-order valence-electron chi connectivity index (χ1n) is 7.51. The highest BCUT2D eigenvalue weighted by Gasteiger charge is 2.54. The average molecular weight is 283 g/mol. The number of rotatable bonds is 2. The molecule has 4 aliphatic rings. The molecule has 4 rings (SSSR count). The van der Waals surface area contributed by atoms with Crippen LogP contribution in [0.15, 0.2) is 0 Å². The monoisotopic (exact) mass is 283 g/mol. The van der Waals surface area contributed by atoms with Crippen LogP contribution < -0.4 is 26.6 Å². The Morgan fingerprint density at radius 3 is 2.50 bits per heavy atom. The van der Waals surface area contributed by atoms with E-state index >= 15 is 0 Å². The highest BCUT2D eigenvalue weighted by Crippen LogP contribution is 2.30. The molecule has 8 heteroatoms. The van der Waals surface area contributed by atoms with E-state index in [4.69, 9.17) is 0 Å². The van der Waals surface area contributed by atoms with Crippen molar-refractivity contribution in [3.63, 3.8) is 0 Å². The number of hydrogen-bond donors (Lipinski definition) is 6. The zero-order valence-corrected chi connectivity index (χ0v) is 11.9. The number of fused-ring (bicyclic) bond motifs is 1. The van der Waals surface area contributed by atoms with Gasteiger partial charge in [0.1, 0.15) is 5.60 Å². The number of nitrogens with zero attached hydrogens (tertiary/aromatic N) is 2. The zero-order valence-electron chi connectivity index (χ0n) is 11.9. The van der Waals surface area contributed by atoms with Crippen molar-refractivity contribution >= 4 is 0 Å². The second kappa shape index (κ2) is 4.85. The van der Waals surface area contributed by atoms with Crippen molar-refractivity contribution in [2.45, 2.75) is 30.1 Å². The van der Waals surface area contributed by atoms with E-state index < -0.39 is 5.60 Å². The number of hydrogen-bond acceptors (Lipinski definition) is 8. The summed E-state index contributed by atoms with van der Waals surface area (Å²) in [7, 11) is 2.08. The van der Waals surface area contributed by atoms with Gasteiger partial charge >= 0.3 is 0 Å². The molecule has 0 aromatic rings. The van der Waals surface area contributed by atoms with Crippen LogP contribution in [0.5, 0.6) is 0 Å². The van der Waals surface area contributed by atoms with Crippen LogP contribution in [-0.4, -0.2) is 91.6 Å². The Balaban J connectivity index is 1.40. The van der Waals surface area contributed by atoms with E-state index in [1.807, 2.05) is 0 Å². The Hall–Kier alpha value is -0.320. The molecule has 0 aromatic heterocycles. The summed E-state index contributed by atoms with van der Waals surface area (Å²) < 4.78 is 0. The summed E-state index contributed by atoms with van der Waals surface area (Å²) in [6.45, 7) is 5.05. The molecular formula is C12H25N7O. The van der Waals surface area contributed by atoms with Gasteiger partial charge in [-0.3, -0.25) is 36.4 Å². The van der Waals surface area contributed by atoms with Crippen LogP contribution in [0.4, 0.5) is 0 Å². The summed E-state index contributed by atoms with van der Waals surface area (Å²) >= 11 is 0. The van der Waals surface area contributed by atoms with Crippen molar-refractivity contribution in [1.29, 1.82) is 0 Å². The van der Waals surface area contributed by atoms with Gasteiger partial charge in [0.15, 0.2) is 0 Å². The van der Waals surface area contributed by atoms with Crippen LogP contribution in [0, 0.1) is 0 Å². The van der Waals surface area contributed by atoms with Crippen molar-refractivity contribution in [2.24, 2.45) is 0 Å². The molecule has 4 heterocycles. The van der Waals surface area contributed by atoms with Crippen molar-refractivity contribution in [1.82, 2.24) is 36.4 Å². The van der Waals surface area contributed by atoms with Crippen LogP contribution in [0.3, 0.4) is 0 Å². The maximum Gasteiger partial charge on any atom is 0.119 e. The Morgan fingerprint density at radius 1 is 1.05 bits per heavy atom. The lowest BCUT2D eigenvalue weighted by atomic mass is 9.88. The first-order valence-corrected chi connectivity index (χ1v) is 7.51. The Bertz CT molecular complexity index is 375. The van der Waals surface area contributed by atoms with E-state index in [2.05, 4.69) is 43.4 Å². The molecule has 6 N–H and O–H groups in total. The molecule has 0 saturated carbocycles. The lowest BCUT2D eigenvalue weighted by Crippen LogP contribution is -2.79. The summed E-state index contributed by atoms with van der Waals surface area (Å²) in [6.07, 6.45) is 0.691. The number of nitrogens with one attached hydrogen (secondary N) is 5. The zero-order chi connectivity index (χ0) is 13.7. The van der Waals surface area contributed by atoms with Crippen LogP contribution in [-0.2, 0) is 0 Å². The van der Waals surface area contributed by atoms with Gasteiger partial charge in [0.05, 0.1) is 24.5 Å². The third-order valence-corrected chi connectivity index (χ3v) is 5.09. The van der Waals surface area contributed by atoms with Crippen molar-refractivity contribution in [3.05, 3.63) is 0 Å². The molecule has 4 atom stereocenters. The van der Waals surface area contributed by atoms with E-state index in [-0.39, 0.29) is 12.3 Å². The van der Waals surface area contributed by atoms with E-state index in [1.165, 1.54) is 0 Å². The molecule has 4 fully saturated rings. The number of aliphatic hydroxyl groups is 1. The SMILES string of the molecule is CN1CCNC1C1(O)CN(C2NCNC3NCNC32)C1. The van der Waals surface area contributed by atoms with Gasteiger partial charge in [0.25, 0.3) is 0 Å². The largest absolute Gasteiger partial charge is 0.384 e. The molecule has 4 saturated heterocycles. The lowest BCUT2D eigenvalue weighted by molar-refractivity contribution is -0.164. The third kappa shape index (κ3) is 1.99. The van der Waals surface area contributed by atoms with E-state index in [0.29, 0.717) is 12.2 Å². The van der Waals surface area contributed by atoms with Gasteiger partial charge in [0.2, 0.25) is 0 Å². The van der Waals surface area contributed by atoms with Gasteiger partial charge in [-0.25, -0.2) is 0 Å². The van der Waals surface area contributed by atoms with Crippen LogP contribution in [0.1, 0.15) is 0 Å². The number of likely N-dealkylation sites (N-methyl/N-ethyl adjacent to an activating group) is 1. The summed E-state index contributed by atoms with van der Waals surface area (Å²) in [6, 6.07) is 0.350. The average Bonchev–Trinajstić information content (AvgIpc) is 3.03. The highest BCUT2D eigenvalue weighted by atomic mass is 16.3. The van der Waals surface area contributed by atoms with Crippen molar-refractivity contribution in [3.8, 4) is 0 Å². The van der Waals surface area contributed by atoms with Gasteiger partial charge in [-0.1, -0.05) is 0 Å². The maximum atomic E-state index is 10.8. The predicted molar refractivity (Wildman–Crippen MR) is 74.6 cm³/mol. The van der Waals surface area contributed by atoms with Crippen molar-refractivity contribution < 1.29 is 5.11 Å². The smallest absolute Gasteiger partial charge is 0.119 e. The predicted octanol–water partition coefficient (Wildman–Crippen LogP) is -3.78. The molecule has 0 radical (unpaired) electrons. The Labute approximate surface area is 119 Å². The lowest BCUT2D eigenvalue weighted by Gasteiger charge is -2.56. The molecule has 4 unspecified atom stereocenters. The Kier molecular flexibility index (Phi) is 3.24. The first-order chi connectivity index (χ1) is 9.67. The van der Waals surface area contributed by atoms with Gasteiger partial charge < -0.3 is 5.11 Å². The molecule has 0 aromatic carbocycles. The number of β-amino-alcohol motifs (C(OH)–C–C–N with tert-alkyl or cyclic N) is 1. The fraction of sp³-hybridized carbons (Fsp3) is 1.00. The minimum Gasteiger partial charge on any atom is -0.384 e. The molecule has 114 valence electrons. The van der Waals surface area contributed by atoms with Crippen LogP contribution in [0.25, 0.3) is 0 Å². The highest BCUT2D eigenvalue weighted by molar-refractivity contribution is 5.09. The van der Waals surface area contributed by atoms with Gasteiger partial charge in [0, 0.05) is 39.5 Å². The molecule has 0 spiro atoms. The Morgan fingerprint density at radius 2 is 1.80 bits per heavy atom. The van der Waals surface area contributed by atoms with Crippen LogP contribution >= 0.6 is 0 Å². The minimum absolute atomic E-state index is 0.0888. The maximum absolute atomic E-state index is 10.8. The van der Waals surface area contributed by atoms with Gasteiger partial charge in [-0.15, -0.1) is 0 Å². The minimum atomic E-state index is -0.626. The summed E-state index contributed by atoms with van der Waals surface area (Å²) in [5.41, 5.74) is -0.626. The van der Waals surface area contributed by atoms with Crippen molar-refractivity contribution in [2.75, 3.05) is 46.6 Å². The fourth-order valence-electron chi connectivity index (χ4n) is 4.07. The van der Waals surface area contributed by atoms with Crippen LogP contribution in [0.2, 0.25) is 0 Å². The van der Waals surface area contributed by atoms with E-state index in [1.54, 1.807) is 0 Å². The summed E-state index contributed by atoms with van der Waals surface area (Å²) in [4.78, 5) is 4.55. The normalized spacial score (nSPS) is 45.3. The molecule has 0 aliphatic carbocycles. The standard InChI is InChI=1S/C12H25N7O/c1-18-3-2-13-11(18)12(20)4-19(5-12)10-8-9(15-6-14-8)16-7-17-10/h8-11,13-17,20H,2-7H2,1H3. The molecule has 4 aliphatic heterocycles. The molecule has 8 nitrogen and oxygen atoms in total. The molecule has 0 amide bonds. The van der Waals surface area contributed by atoms with Gasteiger partial charge in [-0.2, -0.15) is 0 Å². The van der Waals surface area contributed by atoms with Gasteiger partial charge in [-0.05, 0) is 7.05 Å². The molecule has 20 heavy (non-hydrogen) atoms. The molecular weight excluding hydrogens is 258 g/mol. The molecule has 0 bridgehead atoms. The topological polar surface area (TPSA) is 86.9 Å². The quantitative estimate of drug-likeness (QED) is 0.308. The second-order valence-corrected chi connectivity index (χ2v) is 6.46. The third-order valence-electron chi connectivity index (χ3n) is 5.09. The summed E-state index contributed by atoms with van der Waals surface area (Å²) in [5, 5.41) is 28.0. The first kappa shape index (κ1) is 13.4. The van der Waals surface area contributed by atoms with E-state index in [0.717, 1.165) is 39.5 Å². The second-order valence-electron chi connectivity index (χ2n) is 6.46.